The number of aromatic nitrogens is 5. The molecule has 0 spiro atoms. The van der Waals surface area contributed by atoms with Gasteiger partial charge in [0.15, 0.2) is 5.65 Å². The number of hydrogen-bond acceptors (Lipinski definition) is 4. The average Bonchev–Trinajstić information content (AvgIpc) is 3.31. The highest BCUT2D eigenvalue weighted by molar-refractivity contribution is 5.81. The Kier molecular flexibility index (Phi) is 3.99. The van der Waals surface area contributed by atoms with Crippen LogP contribution in [0.4, 0.5) is 0 Å². The first-order valence-corrected chi connectivity index (χ1v) is 9.90. The van der Waals surface area contributed by atoms with E-state index >= 15 is 0 Å². The van der Waals surface area contributed by atoms with Gasteiger partial charge in [0.2, 0.25) is 0 Å². The van der Waals surface area contributed by atoms with Crippen LogP contribution in [-0.4, -0.2) is 25.0 Å². The highest BCUT2D eigenvalue weighted by atomic mass is 15.3. The molecule has 3 heterocycles. The van der Waals surface area contributed by atoms with Crippen molar-refractivity contribution in [3.63, 3.8) is 0 Å². The fourth-order valence-electron chi connectivity index (χ4n) is 4.23. The van der Waals surface area contributed by atoms with E-state index in [-0.39, 0.29) is 0 Å². The number of nitrogens with zero attached hydrogens (tertiary/aromatic N) is 5. The number of hydrogen-bond donors (Lipinski definition) is 1. The second-order valence-electron chi connectivity index (χ2n) is 8.58. The molecule has 0 atom stereocenters. The lowest BCUT2D eigenvalue weighted by molar-refractivity contribution is 0.312. The second kappa shape index (κ2) is 6.56. The summed E-state index contributed by atoms with van der Waals surface area (Å²) < 4.78 is 1.85. The molecule has 29 heavy (non-hydrogen) atoms. The SMILES string of the molecule is CC1(C)CCc2c(-c3cnc4c(cnn4Cc4ccccc4C#N)c3)n[nH]c2C1. The van der Waals surface area contributed by atoms with E-state index in [2.05, 4.69) is 46.3 Å². The van der Waals surface area contributed by atoms with Crippen LogP contribution in [0, 0.1) is 16.7 Å². The monoisotopic (exact) mass is 382 g/mol. The molecule has 6 heteroatoms. The topological polar surface area (TPSA) is 83.2 Å². The molecule has 0 radical (unpaired) electrons. The van der Waals surface area contributed by atoms with Gasteiger partial charge in [-0.3, -0.25) is 5.10 Å². The zero-order valence-corrected chi connectivity index (χ0v) is 16.6. The average molecular weight is 382 g/mol. The first-order chi connectivity index (χ1) is 14.0. The minimum Gasteiger partial charge on any atom is -0.282 e. The van der Waals surface area contributed by atoms with E-state index in [0.29, 0.717) is 17.5 Å². The smallest absolute Gasteiger partial charge is 0.158 e. The summed E-state index contributed by atoms with van der Waals surface area (Å²) >= 11 is 0. The predicted molar refractivity (Wildman–Crippen MR) is 111 cm³/mol. The Labute approximate surface area is 169 Å². The molecule has 6 nitrogen and oxygen atoms in total. The lowest BCUT2D eigenvalue weighted by Crippen LogP contribution is -2.21. The van der Waals surface area contributed by atoms with E-state index in [4.69, 9.17) is 0 Å². The fraction of sp³-hybridized carbons (Fsp3) is 0.304. The van der Waals surface area contributed by atoms with E-state index in [0.717, 1.165) is 40.7 Å². The third-order valence-corrected chi connectivity index (χ3v) is 5.87. The number of H-pyrrole nitrogens is 1. The molecule has 0 saturated carbocycles. The number of benzene rings is 1. The van der Waals surface area contributed by atoms with Crippen molar-refractivity contribution in [2.45, 2.75) is 39.7 Å². The Morgan fingerprint density at radius 2 is 2.10 bits per heavy atom. The molecule has 0 aliphatic heterocycles. The molecule has 0 saturated heterocycles. The summed E-state index contributed by atoms with van der Waals surface area (Å²) in [5.74, 6) is 0. The third-order valence-electron chi connectivity index (χ3n) is 5.87. The van der Waals surface area contributed by atoms with Crippen LogP contribution in [-0.2, 0) is 19.4 Å². The van der Waals surface area contributed by atoms with Crippen molar-refractivity contribution in [3.8, 4) is 17.3 Å². The van der Waals surface area contributed by atoms with Crippen LogP contribution in [0.3, 0.4) is 0 Å². The molecular weight excluding hydrogens is 360 g/mol. The maximum Gasteiger partial charge on any atom is 0.158 e. The number of aromatic amines is 1. The van der Waals surface area contributed by atoms with Crippen molar-refractivity contribution < 1.29 is 0 Å². The molecule has 0 bridgehead atoms. The second-order valence-corrected chi connectivity index (χ2v) is 8.58. The molecule has 0 fully saturated rings. The summed E-state index contributed by atoms with van der Waals surface area (Å²) in [6.07, 6.45) is 6.95. The quantitative estimate of drug-likeness (QED) is 0.574. The van der Waals surface area contributed by atoms with E-state index in [1.807, 2.05) is 41.3 Å². The molecule has 5 rings (SSSR count). The van der Waals surface area contributed by atoms with Crippen molar-refractivity contribution in [1.82, 2.24) is 25.0 Å². The van der Waals surface area contributed by atoms with Gasteiger partial charge in [0.25, 0.3) is 0 Å². The van der Waals surface area contributed by atoms with Gasteiger partial charge in [0.1, 0.15) is 0 Å². The maximum absolute atomic E-state index is 9.33. The number of fused-ring (bicyclic) bond motifs is 2. The number of pyridine rings is 1. The van der Waals surface area contributed by atoms with Crippen LogP contribution in [0.25, 0.3) is 22.3 Å². The number of nitriles is 1. The number of nitrogens with one attached hydrogen (secondary N) is 1. The summed E-state index contributed by atoms with van der Waals surface area (Å²) in [5.41, 5.74) is 7.33. The van der Waals surface area contributed by atoms with Gasteiger partial charge in [-0.1, -0.05) is 32.0 Å². The van der Waals surface area contributed by atoms with Gasteiger partial charge < -0.3 is 0 Å². The molecule has 144 valence electrons. The van der Waals surface area contributed by atoms with Gasteiger partial charge in [-0.25, -0.2) is 9.67 Å². The summed E-state index contributed by atoms with van der Waals surface area (Å²) in [6, 6.07) is 12.0. The molecule has 0 amide bonds. The summed E-state index contributed by atoms with van der Waals surface area (Å²) in [4.78, 5) is 4.69. The predicted octanol–water partition coefficient (Wildman–Crippen LogP) is 4.26. The third kappa shape index (κ3) is 3.09. The van der Waals surface area contributed by atoms with Crippen LogP contribution >= 0.6 is 0 Å². The Hall–Kier alpha value is -3.46. The molecule has 1 N–H and O–H groups in total. The molecule has 1 aliphatic rings. The van der Waals surface area contributed by atoms with Gasteiger partial charge >= 0.3 is 0 Å². The Balaban J connectivity index is 1.49. The van der Waals surface area contributed by atoms with Gasteiger partial charge in [0.05, 0.1) is 30.1 Å². The molecule has 1 aromatic carbocycles. The Morgan fingerprint density at radius 1 is 1.24 bits per heavy atom. The summed E-state index contributed by atoms with van der Waals surface area (Å²) in [6.45, 7) is 5.14. The largest absolute Gasteiger partial charge is 0.282 e. The van der Waals surface area contributed by atoms with Crippen molar-refractivity contribution in [2.24, 2.45) is 5.41 Å². The lowest BCUT2D eigenvalue weighted by Gasteiger charge is -2.29. The summed E-state index contributed by atoms with van der Waals surface area (Å²) in [5, 5.41) is 22.7. The molecular formula is C23H22N6. The van der Waals surface area contributed by atoms with Crippen molar-refractivity contribution in [2.75, 3.05) is 0 Å². The fourth-order valence-corrected chi connectivity index (χ4v) is 4.23. The Bertz CT molecular complexity index is 1250. The molecule has 4 aromatic rings. The van der Waals surface area contributed by atoms with E-state index in [1.165, 1.54) is 17.7 Å². The first kappa shape index (κ1) is 17.6. The van der Waals surface area contributed by atoms with E-state index in [1.54, 1.807) is 0 Å². The minimum absolute atomic E-state index is 0.319. The van der Waals surface area contributed by atoms with Gasteiger partial charge in [0, 0.05) is 28.4 Å². The van der Waals surface area contributed by atoms with Gasteiger partial charge in [-0.2, -0.15) is 15.5 Å². The highest BCUT2D eigenvalue weighted by Crippen LogP contribution is 2.38. The normalized spacial score (nSPS) is 15.2. The van der Waals surface area contributed by atoms with Crippen LogP contribution in [0.2, 0.25) is 0 Å². The molecule has 0 unspecified atom stereocenters. The van der Waals surface area contributed by atoms with Crippen molar-refractivity contribution in [1.29, 1.82) is 5.26 Å². The van der Waals surface area contributed by atoms with E-state index in [9.17, 15) is 5.26 Å². The minimum atomic E-state index is 0.319. The number of rotatable bonds is 3. The van der Waals surface area contributed by atoms with Gasteiger partial charge in [-0.15, -0.1) is 0 Å². The zero-order chi connectivity index (χ0) is 20.0. The molecule has 3 aromatic heterocycles. The van der Waals surface area contributed by atoms with Crippen LogP contribution in [0.15, 0.2) is 42.7 Å². The van der Waals surface area contributed by atoms with Crippen molar-refractivity contribution in [3.05, 3.63) is 65.1 Å². The highest BCUT2D eigenvalue weighted by Gasteiger charge is 2.29. The molecule has 1 aliphatic carbocycles. The van der Waals surface area contributed by atoms with Crippen LogP contribution < -0.4 is 0 Å². The van der Waals surface area contributed by atoms with Gasteiger partial charge in [-0.05, 0) is 42.4 Å². The zero-order valence-electron chi connectivity index (χ0n) is 16.6. The maximum atomic E-state index is 9.33. The lowest BCUT2D eigenvalue weighted by atomic mass is 9.76. The Morgan fingerprint density at radius 3 is 2.97 bits per heavy atom. The van der Waals surface area contributed by atoms with E-state index < -0.39 is 0 Å². The van der Waals surface area contributed by atoms with Crippen LogP contribution in [0.1, 0.15) is 42.7 Å². The summed E-state index contributed by atoms with van der Waals surface area (Å²) in [7, 11) is 0. The standard InChI is InChI=1S/C23H22N6/c1-23(2)8-7-19-20(10-23)27-28-21(19)17-9-18-13-26-29(22(18)25-12-17)14-16-6-4-3-5-15(16)11-24/h3-6,9,12-13H,7-8,10,14H2,1-2H3,(H,27,28). The van der Waals surface area contributed by atoms with Crippen molar-refractivity contribution >= 4 is 11.0 Å². The first-order valence-electron chi connectivity index (χ1n) is 9.90. The van der Waals surface area contributed by atoms with Crippen LogP contribution in [0.5, 0.6) is 0 Å².